The van der Waals surface area contributed by atoms with Crippen molar-refractivity contribution in [3.05, 3.63) is 66.2 Å². The molecule has 2 N–H and O–H groups in total. The molecule has 5 atom stereocenters. The first-order chi connectivity index (χ1) is 19.4. The van der Waals surface area contributed by atoms with Gasteiger partial charge in [-0.05, 0) is 28.9 Å². The zero-order valence-electron chi connectivity index (χ0n) is 22.1. The van der Waals surface area contributed by atoms with Crippen molar-refractivity contribution >= 4 is 28.5 Å². The van der Waals surface area contributed by atoms with Crippen molar-refractivity contribution in [1.82, 2.24) is 30.7 Å². The second-order valence-electron chi connectivity index (χ2n) is 10.9. The molecule has 3 amide bonds. The summed E-state index contributed by atoms with van der Waals surface area (Å²) in [5.74, 6) is -4.10. The fraction of sp³-hybridized carbons (Fsp3) is 0.393. The van der Waals surface area contributed by atoms with E-state index in [0.29, 0.717) is 16.3 Å². The third-order valence-electron chi connectivity index (χ3n) is 8.07. The molecule has 2 unspecified atom stereocenters. The number of carbonyl (C=O) groups excluding carboxylic acids is 3. The SMILES string of the molecule is CC1(C)[C@@H]2[C@@H](C(=O)NC(C#N)c3nncc4ccccc34)N(C(=O)C(Cc3cccnc3)NC(=O)C(F)(F)F)C[C@@H]21. The minimum absolute atomic E-state index is 0.0857. The number of alkyl halides is 3. The van der Waals surface area contributed by atoms with Crippen LogP contribution in [0.1, 0.15) is 31.1 Å². The Balaban J connectivity index is 1.43. The highest BCUT2D eigenvalue weighted by Crippen LogP contribution is 2.65. The van der Waals surface area contributed by atoms with E-state index in [2.05, 4.69) is 20.5 Å². The van der Waals surface area contributed by atoms with E-state index in [1.165, 1.54) is 23.5 Å². The first-order valence-electron chi connectivity index (χ1n) is 12.9. The van der Waals surface area contributed by atoms with E-state index < -0.39 is 42.0 Å². The van der Waals surface area contributed by atoms with E-state index in [1.54, 1.807) is 41.7 Å². The molecule has 3 heterocycles. The predicted octanol–water partition coefficient (Wildman–Crippen LogP) is 2.48. The Morgan fingerprint density at radius 1 is 1.15 bits per heavy atom. The number of rotatable bonds is 7. The van der Waals surface area contributed by atoms with Crippen LogP contribution < -0.4 is 10.6 Å². The van der Waals surface area contributed by atoms with Gasteiger partial charge in [0.15, 0.2) is 6.04 Å². The van der Waals surface area contributed by atoms with Crippen molar-refractivity contribution in [1.29, 1.82) is 5.26 Å². The molecule has 1 saturated heterocycles. The molecule has 0 spiro atoms. The van der Waals surface area contributed by atoms with Crippen LogP contribution in [-0.4, -0.2) is 62.6 Å². The van der Waals surface area contributed by atoms with Crippen LogP contribution in [0.25, 0.3) is 10.8 Å². The molecule has 1 aromatic carbocycles. The zero-order chi connectivity index (χ0) is 29.5. The number of nitrogens with zero attached hydrogens (tertiary/aromatic N) is 5. The number of benzene rings is 1. The Morgan fingerprint density at radius 2 is 1.90 bits per heavy atom. The van der Waals surface area contributed by atoms with Gasteiger partial charge in [0.1, 0.15) is 17.8 Å². The summed E-state index contributed by atoms with van der Waals surface area (Å²) in [6, 6.07) is 8.39. The van der Waals surface area contributed by atoms with Crippen molar-refractivity contribution in [3.8, 4) is 6.07 Å². The van der Waals surface area contributed by atoms with Crippen molar-refractivity contribution < 1.29 is 27.6 Å². The van der Waals surface area contributed by atoms with Gasteiger partial charge in [-0.2, -0.15) is 28.6 Å². The van der Waals surface area contributed by atoms with Crippen LogP contribution in [0.15, 0.2) is 55.0 Å². The molecule has 1 aliphatic heterocycles. The quantitative estimate of drug-likeness (QED) is 0.448. The van der Waals surface area contributed by atoms with Gasteiger partial charge in [0, 0.05) is 36.1 Å². The monoisotopic (exact) mass is 565 g/mol. The largest absolute Gasteiger partial charge is 0.471 e. The molecule has 41 heavy (non-hydrogen) atoms. The van der Waals surface area contributed by atoms with Gasteiger partial charge in [0.2, 0.25) is 11.8 Å². The molecule has 5 rings (SSSR count). The molecule has 0 radical (unpaired) electrons. The number of piperidine rings is 1. The van der Waals surface area contributed by atoms with Crippen molar-refractivity contribution in [2.75, 3.05) is 6.54 Å². The lowest BCUT2D eigenvalue weighted by atomic mass is 9.98. The summed E-state index contributed by atoms with van der Waals surface area (Å²) < 4.78 is 39.5. The number of pyridine rings is 1. The molecule has 1 aliphatic carbocycles. The average molecular weight is 566 g/mol. The molecule has 13 heteroatoms. The molecule has 212 valence electrons. The lowest BCUT2D eigenvalue weighted by molar-refractivity contribution is -0.175. The number of fused-ring (bicyclic) bond motifs is 2. The fourth-order valence-electron chi connectivity index (χ4n) is 5.86. The van der Waals surface area contributed by atoms with Gasteiger partial charge >= 0.3 is 12.1 Å². The Labute approximate surface area is 232 Å². The van der Waals surface area contributed by atoms with Crippen LogP contribution >= 0.6 is 0 Å². The van der Waals surface area contributed by atoms with Gasteiger partial charge in [0.05, 0.1) is 12.3 Å². The second kappa shape index (κ2) is 10.4. The van der Waals surface area contributed by atoms with E-state index in [1.807, 2.05) is 19.9 Å². The maximum absolute atomic E-state index is 13.8. The summed E-state index contributed by atoms with van der Waals surface area (Å²) in [5.41, 5.74) is 0.347. The van der Waals surface area contributed by atoms with E-state index in [0.717, 1.165) is 0 Å². The third kappa shape index (κ3) is 5.29. The summed E-state index contributed by atoms with van der Waals surface area (Å²) in [6.45, 7) is 4.01. The number of carbonyl (C=O) groups is 3. The maximum atomic E-state index is 13.8. The number of amides is 3. The van der Waals surface area contributed by atoms with Gasteiger partial charge in [-0.15, -0.1) is 0 Å². The van der Waals surface area contributed by atoms with Gasteiger partial charge < -0.3 is 15.5 Å². The van der Waals surface area contributed by atoms with Crippen molar-refractivity contribution in [2.24, 2.45) is 17.3 Å². The normalized spacial score (nSPS) is 22.2. The van der Waals surface area contributed by atoms with E-state index >= 15 is 0 Å². The number of halogens is 3. The highest BCUT2D eigenvalue weighted by molar-refractivity contribution is 5.95. The number of aromatic nitrogens is 3. The molecule has 1 saturated carbocycles. The Morgan fingerprint density at radius 3 is 2.59 bits per heavy atom. The van der Waals surface area contributed by atoms with Crippen molar-refractivity contribution in [3.63, 3.8) is 0 Å². The lowest BCUT2D eigenvalue weighted by Gasteiger charge is -2.33. The summed E-state index contributed by atoms with van der Waals surface area (Å²) in [5, 5.41) is 23.8. The standard InChI is InChI=1S/C28H26F3N7O3/c1-27(2)18-14-38(25(40)19(36-26(41)28(29,30)31)10-15-6-5-9-33-12-15)23(21(18)27)24(39)35-20(11-32)22-17-8-4-3-7-16(17)13-34-37-22/h3-9,12-13,18-21,23H,10,14H2,1-2H3,(H,35,39)(H,36,41)/t18-,19?,20?,21-,23-/m0/s1. The number of nitrogens with one attached hydrogen (secondary N) is 2. The summed E-state index contributed by atoms with van der Waals surface area (Å²) >= 11 is 0. The first-order valence-corrected chi connectivity index (χ1v) is 12.9. The molecule has 2 aromatic heterocycles. The summed E-state index contributed by atoms with van der Waals surface area (Å²) in [6.07, 6.45) is -1.08. The number of hydrogen-bond acceptors (Lipinski definition) is 7. The molecule has 0 bridgehead atoms. The van der Waals surface area contributed by atoms with Crippen LogP contribution in [0.4, 0.5) is 13.2 Å². The number of nitriles is 1. The minimum atomic E-state index is -5.21. The highest BCUT2D eigenvalue weighted by Gasteiger charge is 2.69. The van der Waals surface area contributed by atoms with Gasteiger partial charge in [0.25, 0.3) is 0 Å². The van der Waals surface area contributed by atoms with Crippen LogP contribution in [0, 0.1) is 28.6 Å². The van der Waals surface area contributed by atoms with Crippen LogP contribution in [0.3, 0.4) is 0 Å². The third-order valence-corrected chi connectivity index (χ3v) is 8.07. The van der Waals surface area contributed by atoms with Gasteiger partial charge in [-0.1, -0.05) is 44.2 Å². The van der Waals surface area contributed by atoms with E-state index in [4.69, 9.17) is 0 Å². The Bertz CT molecular complexity index is 1530. The molecule has 3 aromatic rings. The van der Waals surface area contributed by atoms with Crippen LogP contribution in [-0.2, 0) is 20.8 Å². The first kappa shape index (κ1) is 27.9. The topological polar surface area (TPSA) is 141 Å². The highest BCUT2D eigenvalue weighted by atomic mass is 19.4. The smallest absolute Gasteiger partial charge is 0.336 e. The molecule has 2 aliphatic rings. The van der Waals surface area contributed by atoms with Crippen LogP contribution in [0.5, 0.6) is 0 Å². The number of likely N-dealkylation sites (tertiary alicyclic amines) is 1. The Kier molecular flexibility index (Phi) is 7.10. The summed E-state index contributed by atoms with van der Waals surface area (Å²) in [4.78, 5) is 44.5. The van der Waals surface area contributed by atoms with Gasteiger partial charge in [-0.25, -0.2) is 0 Å². The van der Waals surface area contributed by atoms with E-state index in [9.17, 15) is 32.8 Å². The molecular weight excluding hydrogens is 539 g/mol. The Hall–Kier alpha value is -4.60. The fourth-order valence-corrected chi connectivity index (χ4v) is 5.86. The summed E-state index contributed by atoms with van der Waals surface area (Å²) in [7, 11) is 0. The lowest BCUT2D eigenvalue weighted by Crippen LogP contribution is -2.57. The number of hydrogen-bond donors (Lipinski definition) is 2. The minimum Gasteiger partial charge on any atom is -0.336 e. The zero-order valence-corrected chi connectivity index (χ0v) is 22.1. The van der Waals surface area contributed by atoms with Crippen molar-refractivity contribution in [2.45, 2.75) is 44.6 Å². The predicted molar refractivity (Wildman–Crippen MR) is 138 cm³/mol. The molecule has 10 nitrogen and oxygen atoms in total. The average Bonchev–Trinajstić information content (AvgIpc) is 3.27. The maximum Gasteiger partial charge on any atom is 0.471 e. The van der Waals surface area contributed by atoms with Gasteiger partial charge in [-0.3, -0.25) is 19.4 Å². The molecule has 2 fully saturated rings. The second-order valence-corrected chi connectivity index (χ2v) is 10.9. The van der Waals surface area contributed by atoms with E-state index in [-0.39, 0.29) is 35.9 Å². The molecular formula is C28H26F3N7O3. The van der Waals surface area contributed by atoms with Crippen LogP contribution in [0.2, 0.25) is 0 Å².